The first-order valence-electron chi connectivity index (χ1n) is 8.68. The van der Waals surface area contributed by atoms with Crippen molar-refractivity contribution in [3.05, 3.63) is 23.8 Å². The molecule has 3 N–H and O–H groups in total. The quantitative estimate of drug-likeness (QED) is 0.612. The Hall–Kier alpha value is -2.48. The van der Waals surface area contributed by atoms with Crippen LogP contribution >= 0.6 is 0 Å². The number of hydrogen-bond donors (Lipinski definition) is 3. The lowest BCUT2D eigenvalue weighted by Crippen LogP contribution is -2.56. The van der Waals surface area contributed by atoms with Crippen LogP contribution in [-0.4, -0.2) is 61.4 Å². The normalized spacial score (nSPS) is 18.8. The van der Waals surface area contributed by atoms with Crippen LogP contribution in [0.2, 0.25) is 0 Å². The number of nitrogens with zero attached hydrogens (tertiary/aromatic N) is 1. The van der Waals surface area contributed by atoms with Crippen LogP contribution in [0.25, 0.3) is 0 Å². The van der Waals surface area contributed by atoms with Crippen molar-refractivity contribution in [1.29, 1.82) is 0 Å². The van der Waals surface area contributed by atoms with E-state index >= 15 is 0 Å². The highest BCUT2D eigenvalue weighted by atomic mass is 16.5. The largest absolute Gasteiger partial charge is 0.493 e. The SMILES string of the molecule is CCN(CC(=O)O)C1CC(NC(=O)NCc2cccc(OC)c2OC)C1. The fourth-order valence-corrected chi connectivity index (χ4v) is 3.18. The van der Waals surface area contributed by atoms with Gasteiger partial charge in [-0.2, -0.15) is 0 Å². The number of likely N-dealkylation sites (N-methyl/N-ethyl adjacent to an activating group) is 1. The van der Waals surface area contributed by atoms with Crippen molar-refractivity contribution in [1.82, 2.24) is 15.5 Å². The third-order valence-electron chi connectivity index (χ3n) is 4.63. The summed E-state index contributed by atoms with van der Waals surface area (Å²) >= 11 is 0. The third kappa shape index (κ3) is 5.01. The number of carbonyl (C=O) groups excluding carboxylic acids is 1. The fraction of sp³-hybridized carbons (Fsp3) is 0.556. The van der Waals surface area contributed by atoms with Crippen molar-refractivity contribution in [3.8, 4) is 11.5 Å². The Balaban J connectivity index is 1.78. The van der Waals surface area contributed by atoms with Gasteiger partial charge in [0.1, 0.15) is 0 Å². The minimum absolute atomic E-state index is 0.0374. The summed E-state index contributed by atoms with van der Waals surface area (Å²) in [6.07, 6.45) is 1.52. The molecule has 0 aromatic heterocycles. The van der Waals surface area contributed by atoms with Crippen LogP contribution < -0.4 is 20.1 Å². The van der Waals surface area contributed by atoms with Crippen molar-refractivity contribution >= 4 is 12.0 Å². The number of benzene rings is 1. The van der Waals surface area contributed by atoms with Crippen LogP contribution in [0.1, 0.15) is 25.3 Å². The van der Waals surface area contributed by atoms with Gasteiger partial charge in [-0.05, 0) is 25.5 Å². The minimum atomic E-state index is -0.826. The van der Waals surface area contributed by atoms with Gasteiger partial charge in [0, 0.05) is 24.2 Å². The molecule has 2 rings (SSSR count). The van der Waals surface area contributed by atoms with E-state index in [1.807, 2.05) is 24.0 Å². The van der Waals surface area contributed by atoms with Gasteiger partial charge in [-0.25, -0.2) is 4.79 Å². The van der Waals surface area contributed by atoms with Crippen LogP contribution in [0, 0.1) is 0 Å². The number of nitrogens with one attached hydrogen (secondary N) is 2. The Morgan fingerprint density at radius 3 is 2.58 bits per heavy atom. The lowest BCUT2D eigenvalue weighted by Gasteiger charge is -2.42. The Morgan fingerprint density at radius 2 is 2.00 bits per heavy atom. The number of ether oxygens (including phenoxy) is 2. The molecule has 0 spiro atoms. The molecule has 1 saturated carbocycles. The number of carbonyl (C=O) groups is 2. The van der Waals surface area contributed by atoms with E-state index < -0.39 is 5.97 Å². The number of amides is 2. The molecule has 1 aliphatic rings. The molecule has 0 aliphatic heterocycles. The first-order valence-corrected chi connectivity index (χ1v) is 8.68. The number of para-hydroxylation sites is 1. The molecular formula is C18H27N3O5. The zero-order valence-electron chi connectivity index (χ0n) is 15.4. The summed E-state index contributed by atoms with van der Waals surface area (Å²) in [5.74, 6) is 0.395. The lowest BCUT2D eigenvalue weighted by atomic mass is 9.85. The van der Waals surface area contributed by atoms with E-state index in [4.69, 9.17) is 14.6 Å². The van der Waals surface area contributed by atoms with Crippen molar-refractivity contribution in [2.45, 2.75) is 38.4 Å². The van der Waals surface area contributed by atoms with E-state index in [0.717, 1.165) is 18.4 Å². The predicted molar refractivity (Wildman–Crippen MR) is 96.6 cm³/mol. The van der Waals surface area contributed by atoms with Gasteiger partial charge in [0.15, 0.2) is 11.5 Å². The molecule has 1 aromatic carbocycles. The summed E-state index contributed by atoms with van der Waals surface area (Å²) in [6.45, 7) is 2.99. The maximum absolute atomic E-state index is 12.1. The summed E-state index contributed by atoms with van der Waals surface area (Å²) in [4.78, 5) is 24.9. The number of methoxy groups -OCH3 is 2. The summed E-state index contributed by atoms with van der Waals surface area (Å²) in [5.41, 5.74) is 0.826. The third-order valence-corrected chi connectivity index (χ3v) is 4.63. The van der Waals surface area contributed by atoms with E-state index in [2.05, 4.69) is 10.6 Å². The van der Waals surface area contributed by atoms with Crippen molar-refractivity contribution in [3.63, 3.8) is 0 Å². The van der Waals surface area contributed by atoms with Crippen molar-refractivity contribution in [2.75, 3.05) is 27.3 Å². The molecule has 0 heterocycles. The van der Waals surface area contributed by atoms with Gasteiger partial charge < -0.3 is 25.2 Å². The van der Waals surface area contributed by atoms with Gasteiger partial charge in [-0.1, -0.05) is 19.1 Å². The van der Waals surface area contributed by atoms with Gasteiger partial charge >= 0.3 is 12.0 Å². The highest BCUT2D eigenvalue weighted by Crippen LogP contribution is 2.30. The average molecular weight is 365 g/mol. The topological polar surface area (TPSA) is 100 Å². The monoisotopic (exact) mass is 365 g/mol. The summed E-state index contributed by atoms with van der Waals surface area (Å²) in [6, 6.07) is 5.53. The van der Waals surface area contributed by atoms with E-state index in [1.165, 1.54) is 0 Å². The number of carboxylic acids is 1. The second-order valence-corrected chi connectivity index (χ2v) is 6.26. The minimum Gasteiger partial charge on any atom is -0.493 e. The molecule has 0 bridgehead atoms. The first kappa shape index (κ1) is 19.8. The summed E-state index contributed by atoms with van der Waals surface area (Å²) in [7, 11) is 3.13. The average Bonchev–Trinajstić information content (AvgIpc) is 2.60. The number of carboxylic acid groups (broad SMARTS) is 1. The molecule has 0 unspecified atom stereocenters. The fourth-order valence-electron chi connectivity index (χ4n) is 3.18. The van der Waals surface area contributed by atoms with Crippen LogP contribution in [0.15, 0.2) is 18.2 Å². The molecule has 26 heavy (non-hydrogen) atoms. The molecule has 1 aliphatic carbocycles. The number of aliphatic carboxylic acids is 1. The van der Waals surface area contributed by atoms with Gasteiger partial charge in [-0.15, -0.1) is 0 Å². The van der Waals surface area contributed by atoms with Crippen LogP contribution in [0.3, 0.4) is 0 Å². The van der Waals surface area contributed by atoms with Crippen molar-refractivity contribution in [2.24, 2.45) is 0 Å². The molecule has 1 fully saturated rings. The van der Waals surface area contributed by atoms with Crippen LogP contribution in [0.5, 0.6) is 11.5 Å². The summed E-state index contributed by atoms with van der Waals surface area (Å²) in [5, 5.41) is 14.7. The lowest BCUT2D eigenvalue weighted by molar-refractivity contribution is -0.139. The number of urea groups is 1. The molecule has 8 nitrogen and oxygen atoms in total. The number of rotatable bonds is 9. The molecule has 0 atom stereocenters. The Labute approximate surface area is 153 Å². The Morgan fingerprint density at radius 1 is 1.27 bits per heavy atom. The smallest absolute Gasteiger partial charge is 0.317 e. The molecule has 1 aromatic rings. The van der Waals surface area contributed by atoms with Crippen LogP contribution in [0.4, 0.5) is 4.79 Å². The molecule has 0 saturated heterocycles. The Kier molecular flexibility index (Phi) is 7.08. The van der Waals surface area contributed by atoms with Crippen molar-refractivity contribution < 1.29 is 24.2 Å². The maximum Gasteiger partial charge on any atom is 0.317 e. The highest BCUT2D eigenvalue weighted by Gasteiger charge is 2.34. The molecular weight excluding hydrogens is 338 g/mol. The van der Waals surface area contributed by atoms with E-state index in [-0.39, 0.29) is 24.7 Å². The highest BCUT2D eigenvalue weighted by molar-refractivity contribution is 5.74. The molecule has 2 amide bonds. The van der Waals surface area contributed by atoms with Gasteiger partial charge in [0.25, 0.3) is 0 Å². The Bertz CT molecular complexity index is 631. The first-order chi connectivity index (χ1) is 12.5. The van der Waals surface area contributed by atoms with E-state index in [0.29, 0.717) is 24.6 Å². The molecule has 144 valence electrons. The second-order valence-electron chi connectivity index (χ2n) is 6.26. The predicted octanol–water partition coefficient (Wildman–Crippen LogP) is 1.44. The zero-order valence-corrected chi connectivity index (χ0v) is 15.4. The maximum atomic E-state index is 12.1. The number of hydrogen-bond acceptors (Lipinski definition) is 5. The van der Waals surface area contributed by atoms with E-state index in [9.17, 15) is 9.59 Å². The summed E-state index contributed by atoms with van der Waals surface area (Å²) < 4.78 is 10.6. The van der Waals surface area contributed by atoms with E-state index in [1.54, 1.807) is 20.3 Å². The van der Waals surface area contributed by atoms with Gasteiger partial charge in [0.05, 0.1) is 20.8 Å². The van der Waals surface area contributed by atoms with Crippen LogP contribution in [-0.2, 0) is 11.3 Å². The second kappa shape index (κ2) is 9.28. The zero-order chi connectivity index (χ0) is 19.1. The standard InChI is InChI=1S/C18H27N3O5/c1-4-21(11-16(22)23)14-8-13(9-14)20-18(24)19-10-12-6-5-7-15(25-2)17(12)26-3/h5-7,13-14H,4,8-11H2,1-3H3,(H,22,23)(H2,19,20,24). The van der Waals surface area contributed by atoms with Gasteiger partial charge in [-0.3, -0.25) is 9.69 Å². The molecule has 0 radical (unpaired) electrons. The van der Waals surface area contributed by atoms with Gasteiger partial charge in [0.2, 0.25) is 0 Å². The molecule has 8 heteroatoms.